The molecule has 0 saturated carbocycles. The summed E-state index contributed by atoms with van der Waals surface area (Å²) in [4.78, 5) is 15.3. The van der Waals surface area contributed by atoms with Gasteiger partial charge >= 0.3 is 0 Å². The van der Waals surface area contributed by atoms with E-state index >= 15 is 0 Å². The minimum atomic E-state index is 0.828. The Morgan fingerprint density at radius 2 is 2.00 bits per heavy atom. The van der Waals surface area contributed by atoms with E-state index in [4.69, 9.17) is 0 Å². The molecule has 17 heavy (non-hydrogen) atoms. The Morgan fingerprint density at radius 3 is 2.65 bits per heavy atom. The second-order valence-electron chi connectivity index (χ2n) is 3.71. The first-order valence-electron chi connectivity index (χ1n) is 5.72. The predicted molar refractivity (Wildman–Crippen MR) is 70.0 cm³/mol. The first kappa shape index (κ1) is 12.3. The van der Waals surface area contributed by atoms with Crippen molar-refractivity contribution in [3.63, 3.8) is 0 Å². The van der Waals surface area contributed by atoms with E-state index in [1.54, 1.807) is 18.1 Å². The predicted octanol–water partition coefficient (Wildman–Crippen LogP) is 1.85. The third-order valence-corrected chi connectivity index (χ3v) is 3.49. The summed E-state index contributed by atoms with van der Waals surface area (Å²) in [5.74, 6) is 0. The Bertz CT molecular complexity index is 492. The summed E-state index contributed by atoms with van der Waals surface area (Å²) < 4.78 is 2.07. The van der Waals surface area contributed by atoms with Gasteiger partial charge in [-0.2, -0.15) is 0 Å². The van der Waals surface area contributed by atoms with Gasteiger partial charge < -0.3 is 4.57 Å². The Hall–Kier alpha value is -1.14. The van der Waals surface area contributed by atoms with E-state index < -0.39 is 0 Å². The highest BCUT2D eigenvalue weighted by atomic mass is 32.2. The molecule has 2 aromatic heterocycles. The van der Waals surface area contributed by atoms with Crippen LogP contribution in [0.4, 0.5) is 0 Å². The van der Waals surface area contributed by atoms with Gasteiger partial charge in [0, 0.05) is 0 Å². The van der Waals surface area contributed by atoms with Crippen molar-refractivity contribution < 1.29 is 0 Å². The lowest BCUT2D eigenvalue weighted by Crippen LogP contribution is -2.25. The van der Waals surface area contributed by atoms with E-state index in [9.17, 15) is 0 Å². The van der Waals surface area contributed by atoms with E-state index in [2.05, 4.69) is 38.3 Å². The fourth-order valence-electron chi connectivity index (χ4n) is 1.75. The molecule has 2 heterocycles. The Kier molecular flexibility index (Phi) is 3.96. The molecule has 6 heteroatoms. The molecule has 2 rings (SSSR count). The topological polar surface area (TPSA) is 46.8 Å². The summed E-state index contributed by atoms with van der Waals surface area (Å²) in [6.07, 6.45) is 5.46. The van der Waals surface area contributed by atoms with Crippen LogP contribution in [0.1, 0.15) is 13.8 Å². The third kappa shape index (κ3) is 2.42. The maximum absolute atomic E-state index is 4.40. The maximum atomic E-state index is 4.40. The Morgan fingerprint density at radius 1 is 1.24 bits per heavy atom. The molecule has 0 bridgehead atoms. The highest BCUT2D eigenvalue weighted by Gasteiger charge is 2.10. The second-order valence-corrected chi connectivity index (χ2v) is 4.51. The zero-order valence-corrected chi connectivity index (χ0v) is 11.2. The van der Waals surface area contributed by atoms with Crippen molar-refractivity contribution in [2.75, 3.05) is 19.3 Å². The van der Waals surface area contributed by atoms with Crippen LogP contribution in [-0.2, 0) is 6.67 Å². The average molecular weight is 251 g/mol. The summed E-state index contributed by atoms with van der Waals surface area (Å²) in [5.41, 5.74) is 1.81. The van der Waals surface area contributed by atoms with Crippen molar-refractivity contribution >= 4 is 22.9 Å². The molecule has 0 radical (unpaired) electrons. The number of fused-ring (bicyclic) bond motifs is 1. The van der Waals surface area contributed by atoms with Crippen LogP contribution in [0.15, 0.2) is 17.7 Å². The number of thioether (sulfide) groups is 1. The van der Waals surface area contributed by atoms with Crippen LogP contribution in [0.5, 0.6) is 0 Å². The summed E-state index contributed by atoms with van der Waals surface area (Å²) >= 11 is 1.60. The van der Waals surface area contributed by atoms with Crippen molar-refractivity contribution in [3.8, 4) is 0 Å². The zero-order valence-electron chi connectivity index (χ0n) is 10.4. The number of hydrogen-bond donors (Lipinski definition) is 0. The second kappa shape index (κ2) is 5.46. The number of nitrogens with zero attached hydrogens (tertiary/aromatic N) is 5. The molecule has 2 aromatic rings. The lowest BCUT2D eigenvalue weighted by Gasteiger charge is -2.18. The summed E-state index contributed by atoms with van der Waals surface area (Å²) in [5, 5.41) is 0.938. The van der Waals surface area contributed by atoms with Crippen LogP contribution in [0.3, 0.4) is 0 Å². The van der Waals surface area contributed by atoms with Gasteiger partial charge in [-0.15, -0.1) is 11.8 Å². The SMILES string of the molecule is CCN(CC)Cn1cnc2c(SC)ncnc21. The fourth-order valence-corrected chi connectivity index (χ4v) is 2.24. The van der Waals surface area contributed by atoms with Gasteiger partial charge in [0.05, 0.1) is 13.0 Å². The van der Waals surface area contributed by atoms with Gasteiger partial charge in [-0.25, -0.2) is 15.0 Å². The van der Waals surface area contributed by atoms with Gasteiger partial charge in [0.2, 0.25) is 0 Å². The van der Waals surface area contributed by atoms with E-state index in [1.165, 1.54) is 0 Å². The first-order chi connectivity index (χ1) is 8.30. The van der Waals surface area contributed by atoms with E-state index in [0.29, 0.717) is 0 Å². The molecular weight excluding hydrogens is 234 g/mol. The van der Waals surface area contributed by atoms with E-state index in [0.717, 1.165) is 35.9 Å². The van der Waals surface area contributed by atoms with Gasteiger partial charge in [-0.05, 0) is 19.3 Å². The standard InChI is InChI=1S/C11H17N5S/c1-4-15(5-2)8-16-7-14-9-10(16)12-6-13-11(9)17-3/h6-7H,4-5,8H2,1-3H3. The Balaban J connectivity index is 2.36. The fraction of sp³-hybridized carbons (Fsp3) is 0.545. The lowest BCUT2D eigenvalue weighted by molar-refractivity contribution is 0.245. The molecule has 5 nitrogen and oxygen atoms in total. The van der Waals surface area contributed by atoms with Gasteiger partial charge in [0.15, 0.2) is 5.65 Å². The molecule has 0 atom stereocenters. The van der Waals surface area contributed by atoms with E-state index in [1.807, 2.05) is 12.6 Å². The van der Waals surface area contributed by atoms with Gasteiger partial charge in [-0.3, -0.25) is 4.90 Å². The minimum Gasteiger partial charge on any atom is -0.301 e. The largest absolute Gasteiger partial charge is 0.301 e. The smallest absolute Gasteiger partial charge is 0.165 e. The van der Waals surface area contributed by atoms with Gasteiger partial charge in [-0.1, -0.05) is 13.8 Å². The summed E-state index contributed by atoms with van der Waals surface area (Å²) in [7, 11) is 0. The van der Waals surface area contributed by atoms with Crippen molar-refractivity contribution in [2.45, 2.75) is 25.5 Å². The minimum absolute atomic E-state index is 0.828. The normalized spacial score (nSPS) is 11.5. The average Bonchev–Trinajstić information content (AvgIpc) is 2.79. The number of imidazole rings is 1. The summed E-state index contributed by atoms with van der Waals surface area (Å²) in [6.45, 7) is 7.19. The Labute approximate surface area is 105 Å². The lowest BCUT2D eigenvalue weighted by atomic mass is 10.5. The number of aromatic nitrogens is 4. The quantitative estimate of drug-likeness (QED) is 0.599. The number of hydrogen-bond acceptors (Lipinski definition) is 5. The van der Waals surface area contributed by atoms with Crippen molar-refractivity contribution in [1.29, 1.82) is 0 Å². The highest BCUT2D eigenvalue weighted by molar-refractivity contribution is 7.98. The molecular formula is C11H17N5S. The van der Waals surface area contributed by atoms with E-state index in [-0.39, 0.29) is 0 Å². The van der Waals surface area contributed by atoms with Crippen LogP contribution in [0.25, 0.3) is 11.2 Å². The first-order valence-corrected chi connectivity index (χ1v) is 6.94. The van der Waals surface area contributed by atoms with Crippen LogP contribution < -0.4 is 0 Å². The molecule has 92 valence electrons. The molecule has 0 aliphatic heterocycles. The van der Waals surface area contributed by atoms with Crippen LogP contribution in [-0.4, -0.2) is 43.8 Å². The molecule has 0 saturated heterocycles. The monoisotopic (exact) mass is 251 g/mol. The maximum Gasteiger partial charge on any atom is 0.165 e. The summed E-state index contributed by atoms with van der Waals surface area (Å²) in [6, 6.07) is 0. The highest BCUT2D eigenvalue weighted by Crippen LogP contribution is 2.20. The molecule has 0 unspecified atom stereocenters. The van der Waals surface area contributed by atoms with Crippen molar-refractivity contribution in [2.24, 2.45) is 0 Å². The van der Waals surface area contributed by atoms with Gasteiger partial charge in [0.25, 0.3) is 0 Å². The molecule has 0 aliphatic carbocycles. The molecule has 0 N–H and O–H groups in total. The molecule has 0 aliphatic rings. The zero-order chi connectivity index (χ0) is 12.3. The molecule has 0 amide bonds. The molecule has 0 aromatic carbocycles. The van der Waals surface area contributed by atoms with Crippen LogP contribution in [0, 0.1) is 0 Å². The molecule has 0 fully saturated rings. The third-order valence-electron chi connectivity index (χ3n) is 2.81. The van der Waals surface area contributed by atoms with Crippen molar-refractivity contribution in [3.05, 3.63) is 12.7 Å². The van der Waals surface area contributed by atoms with Crippen molar-refractivity contribution in [1.82, 2.24) is 24.4 Å². The van der Waals surface area contributed by atoms with Crippen LogP contribution >= 0.6 is 11.8 Å². The molecule has 0 spiro atoms. The van der Waals surface area contributed by atoms with Crippen LogP contribution in [0.2, 0.25) is 0 Å². The van der Waals surface area contributed by atoms with Gasteiger partial charge in [0.1, 0.15) is 16.9 Å². The number of rotatable bonds is 5.